The van der Waals surface area contributed by atoms with E-state index in [2.05, 4.69) is 31.9 Å². The Morgan fingerprint density at radius 3 is 1.48 bits per heavy atom. The standard InChI is InChI=1S/C25H16Br2FNO2/c26-24-16-5-1-2-6-17(16)25(27,19-8-4-3-7-18(19)24)21-20(24)22(30)29(23(21)31)13-14-9-11-15(28)12-10-14/h1-12,20-21H,13H2/t20-,21+,24?,25?. The molecule has 2 bridgehead atoms. The number of nitrogens with zero attached hydrogens (tertiary/aromatic N) is 1. The Labute approximate surface area is 195 Å². The molecule has 0 spiro atoms. The summed E-state index contributed by atoms with van der Waals surface area (Å²) in [6, 6.07) is 21.9. The van der Waals surface area contributed by atoms with Crippen LogP contribution in [0, 0.1) is 17.7 Å². The molecule has 0 aromatic heterocycles. The second kappa shape index (κ2) is 6.36. The molecule has 31 heavy (non-hydrogen) atoms. The second-order valence-corrected chi connectivity index (χ2v) is 10.9. The highest BCUT2D eigenvalue weighted by molar-refractivity contribution is 9.10. The van der Waals surface area contributed by atoms with Gasteiger partial charge in [0.25, 0.3) is 0 Å². The lowest BCUT2D eigenvalue weighted by molar-refractivity contribution is -0.140. The SMILES string of the molecule is O=C1[C@@H]2[C@H](C(=O)N1Cc1ccc(F)cc1)C1(Br)c3ccccc3C2(Br)c2ccccc21. The number of rotatable bonds is 2. The molecular weight excluding hydrogens is 525 g/mol. The van der Waals surface area contributed by atoms with Gasteiger partial charge in [-0.2, -0.15) is 0 Å². The van der Waals surface area contributed by atoms with Gasteiger partial charge < -0.3 is 0 Å². The number of likely N-dealkylation sites (tertiary alicyclic amines) is 1. The van der Waals surface area contributed by atoms with Gasteiger partial charge in [0.2, 0.25) is 11.8 Å². The van der Waals surface area contributed by atoms with E-state index in [4.69, 9.17) is 0 Å². The quantitative estimate of drug-likeness (QED) is 0.329. The molecule has 1 saturated heterocycles. The van der Waals surface area contributed by atoms with Gasteiger partial charge in [0.05, 0.1) is 27.0 Å². The molecule has 0 unspecified atom stereocenters. The number of carbonyl (C=O) groups excluding carboxylic acids is 2. The van der Waals surface area contributed by atoms with Crippen molar-refractivity contribution in [2.24, 2.45) is 11.8 Å². The van der Waals surface area contributed by atoms with E-state index in [0.29, 0.717) is 0 Å². The molecular formula is C25H16Br2FNO2. The highest BCUT2D eigenvalue weighted by Crippen LogP contribution is 2.70. The Hall–Kier alpha value is -2.31. The molecule has 0 saturated carbocycles. The van der Waals surface area contributed by atoms with Gasteiger partial charge in [0, 0.05) is 0 Å². The minimum Gasteiger partial charge on any atom is -0.277 e. The minimum atomic E-state index is -0.787. The van der Waals surface area contributed by atoms with Crippen molar-refractivity contribution in [3.63, 3.8) is 0 Å². The fraction of sp³-hybridized carbons (Fsp3) is 0.200. The lowest BCUT2D eigenvalue weighted by atomic mass is 9.54. The van der Waals surface area contributed by atoms with E-state index in [1.807, 2.05) is 48.5 Å². The van der Waals surface area contributed by atoms with E-state index in [-0.39, 0.29) is 24.2 Å². The van der Waals surface area contributed by atoms with Gasteiger partial charge in [-0.15, -0.1) is 0 Å². The topological polar surface area (TPSA) is 37.4 Å². The van der Waals surface area contributed by atoms with Gasteiger partial charge in [-0.1, -0.05) is 92.5 Å². The van der Waals surface area contributed by atoms with Crippen molar-refractivity contribution in [3.05, 3.63) is 106 Å². The Balaban J connectivity index is 1.56. The van der Waals surface area contributed by atoms with Crippen molar-refractivity contribution in [1.29, 1.82) is 0 Å². The zero-order valence-corrected chi connectivity index (χ0v) is 19.4. The Morgan fingerprint density at radius 1 is 0.710 bits per heavy atom. The average molecular weight is 541 g/mol. The summed E-state index contributed by atoms with van der Waals surface area (Å²) >= 11 is 7.96. The highest BCUT2D eigenvalue weighted by Gasteiger charge is 2.72. The molecule has 2 atom stereocenters. The predicted octanol–water partition coefficient (Wildman–Crippen LogP) is 5.23. The molecule has 6 heteroatoms. The number of hydrogen-bond acceptors (Lipinski definition) is 2. The zero-order chi connectivity index (χ0) is 21.5. The van der Waals surface area contributed by atoms with Crippen LogP contribution < -0.4 is 0 Å². The molecule has 1 fully saturated rings. The fourth-order valence-electron chi connectivity index (χ4n) is 5.65. The van der Waals surface area contributed by atoms with Crippen LogP contribution in [0.4, 0.5) is 4.39 Å². The van der Waals surface area contributed by atoms with Gasteiger partial charge in [-0.05, 0) is 39.9 Å². The number of alkyl halides is 2. The molecule has 0 radical (unpaired) electrons. The first-order chi connectivity index (χ1) is 14.9. The van der Waals surface area contributed by atoms with Crippen LogP contribution in [0.3, 0.4) is 0 Å². The summed E-state index contributed by atoms with van der Waals surface area (Å²) in [5.41, 5.74) is 4.76. The van der Waals surface area contributed by atoms with Crippen LogP contribution in [-0.2, 0) is 24.8 Å². The summed E-state index contributed by atoms with van der Waals surface area (Å²) in [5, 5.41) is 0. The normalized spacial score (nSPS) is 30.2. The molecule has 4 aliphatic rings. The second-order valence-electron chi connectivity index (χ2n) is 8.36. The summed E-state index contributed by atoms with van der Waals surface area (Å²) in [5.74, 6) is -1.92. The zero-order valence-electron chi connectivity index (χ0n) is 16.2. The van der Waals surface area contributed by atoms with Crippen molar-refractivity contribution >= 4 is 43.7 Å². The van der Waals surface area contributed by atoms with Crippen LogP contribution in [0.25, 0.3) is 0 Å². The minimum absolute atomic E-state index is 0.129. The molecule has 2 amide bonds. The highest BCUT2D eigenvalue weighted by atomic mass is 79.9. The largest absolute Gasteiger partial charge is 0.277 e. The maximum absolute atomic E-state index is 13.8. The van der Waals surface area contributed by atoms with E-state index in [1.54, 1.807) is 12.1 Å². The molecule has 0 N–H and O–H groups in total. The summed E-state index contributed by atoms with van der Waals surface area (Å²) in [6.07, 6.45) is 0. The van der Waals surface area contributed by atoms with Gasteiger partial charge in [-0.3, -0.25) is 14.5 Å². The number of amides is 2. The summed E-state index contributed by atoms with van der Waals surface area (Å²) in [6.45, 7) is 0.129. The third-order valence-corrected chi connectivity index (χ3v) is 9.63. The third-order valence-electron chi connectivity index (χ3n) is 6.93. The molecule has 3 aromatic carbocycles. The number of hydrogen-bond donors (Lipinski definition) is 0. The van der Waals surface area contributed by atoms with Crippen LogP contribution >= 0.6 is 31.9 Å². The maximum Gasteiger partial charge on any atom is 0.235 e. The van der Waals surface area contributed by atoms with E-state index in [0.717, 1.165) is 27.8 Å². The molecule has 7 rings (SSSR count). The van der Waals surface area contributed by atoms with Crippen molar-refractivity contribution in [1.82, 2.24) is 4.90 Å². The summed E-state index contributed by atoms with van der Waals surface area (Å²) in [4.78, 5) is 28.9. The van der Waals surface area contributed by atoms with E-state index >= 15 is 0 Å². The number of benzene rings is 3. The molecule has 1 aliphatic heterocycles. The Kier molecular flexibility index (Phi) is 3.98. The molecule has 3 aliphatic carbocycles. The van der Waals surface area contributed by atoms with Crippen molar-refractivity contribution in [3.8, 4) is 0 Å². The lowest BCUT2D eigenvalue weighted by Crippen LogP contribution is -2.56. The van der Waals surface area contributed by atoms with Crippen molar-refractivity contribution in [2.45, 2.75) is 15.2 Å². The van der Waals surface area contributed by atoms with Crippen LogP contribution in [0.1, 0.15) is 27.8 Å². The smallest absolute Gasteiger partial charge is 0.235 e. The summed E-state index contributed by atoms with van der Waals surface area (Å²) < 4.78 is 11.8. The van der Waals surface area contributed by atoms with E-state index in [9.17, 15) is 14.0 Å². The van der Waals surface area contributed by atoms with Crippen LogP contribution in [-0.4, -0.2) is 16.7 Å². The number of halogens is 3. The lowest BCUT2D eigenvalue weighted by Gasteiger charge is -2.55. The van der Waals surface area contributed by atoms with Gasteiger partial charge in [0.15, 0.2) is 0 Å². The third kappa shape index (κ3) is 2.27. The maximum atomic E-state index is 13.8. The van der Waals surface area contributed by atoms with E-state index < -0.39 is 20.5 Å². The van der Waals surface area contributed by atoms with Gasteiger partial charge in [0.1, 0.15) is 5.82 Å². The van der Waals surface area contributed by atoms with Gasteiger partial charge in [-0.25, -0.2) is 4.39 Å². The van der Waals surface area contributed by atoms with Crippen molar-refractivity contribution in [2.75, 3.05) is 0 Å². The predicted molar refractivity (Wildman–Crippen MR) is 121 cm³/mol. The Morgan fingerprint density at radius 2 is 1.10 bits per heavy atom. The first kappa shape index (κ1) is 19.4. The summed E-state index contributed by atoms with van der Waals surface area (Å²) in [7, 11) is 0. The monoisotopic (exact) mass is 539 g/mol. The van der Waals surface area contributed by atoms with Crippen LogP contribution in [0.5, 0.6) is 0 Å². The number of imide groups is 1. The van der Waals surface area contributed by atoms with Crippen LogP contribution in [0.15, 0.2) is 72.8 Å². The molecule has 1 heterocycles. The first-order valence-electron chi connectivity index (χ1n) is 10.1. The van der Waals surface area contributed by atoms with Crippen molar-refractivity contribution < 1.29 is 14.0 Å². The van der Waals surface area contributed by atoms with E-state index in [1.165, 1.54) is 17.0 Å². The first-order valence-corrected chi connectivity index (χ1v) is 11.6. The van der Waals surface area contributed by atoms with Gasteiger partial charge >= 0.3 is 0 Å². The fourth-order valence-corrected chi connectivity index (χ4v) is 7.96. The average Bonchev–Trinajstić information content (AvgIpc) is 3.05. The molecule has 3 nitrogen and oxygen atoms in total. The number of carbonyl (C=O) groups is 2. The van der Waals surface area contributed by atoms with Crippen LogP contribution in [0.2, 0.25) is 0 Å². The molecule has 3 aromatic rings. The molecule has 154 valence electrons. The Bertz CT molecular complexity index is 1150.